The van der Waals surface area contributed by atoms with E-state index in [1.807, 2.05) is 43.1 Å². The Hall–Kier alpha value is -2.12. The minimum absolute atomic E-state index is 0.0305. The number of aryl methyl sites for hydroxylation is 1. The summed E-state index contributed by atoms with van der Waals surface area (Å²) in [5, 5.41) is 11.8. The lowest BCUT2D eigenvalue weighted by molar-refractivity contribution is -0.138. The minimum atomic E-state index is -0.800. The Balaban J connectivity index is 1.55. The molecule has 27 heavy (non-hydrogen) atoms. The fraction of sp³-hybridized carbons (Fsp3) is 0.600. The molecule has 2 N–H and O–H groups in total. The molecule has 1 aliphatic rings. The molecule has 0 atom stereocenters. The lowest BCUT2D eigenvalue weighted by Gasteiger charge is -2.35. The standard InChI is InChI=1S/C20H31N3O4/c1-16-5-3-6-18(13-16)27-12-4-9-21-19(24)14-23-10-7-17(8-11-23)22(2)15-20(25)26/h3,5-6,13,17H,4,7-12,14-15H2,1-2H3,(H,21,24)(H,25,26). The zero-order valence-electron chi connectivity index (χ0n) is 16.3. The van der Waals surface area contributed by atoms with Crippen molar-refractivity contribution in [2.24, 2.45) is 0 Å². The number of hydrogen-bond donors (Lipinski definition) is 2. The van der Waals surface area contributed by atoms with Gasteiger partial charge in [0, 0.05) is 25.7 Å². The molecule has 0 spiro atoms. The highest BCUT2D eigenvalue weighted by atomic mass is 16.5. The van der Waals surface area contributed by atoms with E-state index in [1.54, 1.807) is 0 Å². The number of nitrogens with one attached hydrogen (secondary N) is 1. The molecule has 0 saturated carbocycles. The van der Waals surface area contributed by atoms with Crippen LogP contribution in [0.1, 0.15) is 24.8 Å². The Morgan fingerprint density at radius 2 is 2.07 bits per heavy atom. The third-order valence-electron chi connectivity index (χ3n) is 4.83. The van der Waals surface area contributed by atoms with E-state index in [-0.39, 0.29) is 18.5 Å². The average molecular weight is 377 g/mol. The first-order chi connectivity index (χ1) is 12.9. The number of carboxylic acids is 1. The van der Waals surface area contributed by atoms with Crippen molar-refractivity contribution in [2.75, 3.05) is 46.4 Å². The number of benzene rings is 1. The predicted octanol–water partition coefficient (Wildman–Crippen LogP) is 1.36. The lowest BCUT2D eigenvalue weighted by atomic mass is 10.0. The Labute approximate surface area is 161 Å². The van der Waals surface area contributed by atoms with Gasteiger partial charge in [-0.25, -0.2) is 0 Å². The number of amides is 1. The molecule has 1 aromatic rings. The first-order valence-corrected chi connectivity index (χ1v) is 9.54. The van der Waals surface area contributed by atoms with Crippen LogP contribution in [-0.4, -0.2) is 79.2 Å². The molecule has 0 aromatic heterocycles. The summed E-state index contributed by atoms with van der Waals surface area (Å²) in [5.74, 6) is 0.0886. The van der Waals surface area contributed by atoms with E-state index in [2.05, 4.69) is 10.2 Å². The number of nitrogens with zero attached hydrogens (tertiary/aromatic N) is 2. The van der Waals surface area contributed by atoms with Crippen LogP contribution in [0.3, 0.4) is 0 Å². The maximum absolute atomic E-state index is 12.1. The van der Waals surface area contributed by atoms with Gasteiger partial charge in [0.05, 0.1) is 19.7 Å². The Morgan fingerprint density at radius 3 is 2.74 bits per heavy atom. The van der Waals surface area contributed by atoms with Crippen LogP contribution in [0.25, 0.3) is 0 Å². The first kappa shape index (κ1) is 21.2. The number of piperidine rings is 1. The zero-order valence-corrected chi connectivity index (χ0v) is 16.3. The fourth-order valence-corrected chi connectivity index (χ4v) is 3.31. The van der Waals surface area contributed by atoms with Crippen LogP contribution in [0.15, 0.2) is 24.3 Å². The van der Waals surface area contributed by atoms with E-state index in [1.165, 1.54) is 5.56 Å². The average Bonchev–Trinajstić information content (AvgIpc) is 2.61. The molecule has 1 aliphatic heterocycles. The van der Waals surface area contributed by atoms with Crippen molar-refractivity contribution < 1.29 is 19.4 Å². The largest absolute Gasteiger partial charge is 0.494 e. The predicted molar refractivity (Wildman–Crippen MR) is 104 cm³/mol. The zero-order chi connectivity index (χ0) is 19.6. The molecule has 1 saturated heterocycles. The SMILES string of the molecule is Cc1cccc(OCCCNC(=O)CN2CCC(N(C)CC(=O)O)CC2)c1. The van der Waals surface area contributed by atoms with Crippen molar-refractivity contribution in [1.82, 2.24) is 15.1 Å². The Bertz CT molecular complexity index is 615. The highest BCUT2D eigenvalue weighted by molar-refractivity contribution is 5.78. The number of likely N-dealkylation sites (N-methyl/N-ethyl adjacent to an activating group) is 1. The quantitative estimate of drug-likeness (QED) is 0.599. The maximum atomic E-state index is 12.1. The van der Waals surface area contributed by atoms with Gasteiger partial charge in [-0.3, -0.25) is 19.4 Å². The van der Waals surface area contributed by atoms with Gasteiger partial charge in [-0.15, -0.1) is 0 Å². The van der Waals surface area contributed by atoms with Gasteiger partial charge in [-0.2, -0.15) is 0 Å². The van der Waals surface area contributed by atoms with Crippen LogP contribution < -0.4 is 10.1 Å². The second-order valence-electron chi connectivity index (χ2n) is 7.18. The molecule has 1 amide bonds. The molecule has 1 fully saturated rings. The van der Waals surface area contributed by atoms with Crippen molar-refractivity contribution in [1.29, 1.82) is 0 Å². The third-order valence-corrected chi connectivity index (χ3v) is 4.83. The van der Waals surface area contributed by atoms with Crippen LogP contribution in [0.2, 0.25) is 0 Å². The Kier molecular flexibility index (Phi) is 8.54. The van der Waals surface area contributed by atoms with Crippen LogP contribution in [0.4, 0.5) is 0 Å². The van der Waals surface area contributed by atoms with Crippen LogP contribution in [0.5, 0.6) is 5.75 Å². The minimum Gasteiger partial charge on any atom is -0.494 e. The van der Waals surface area contributed by atoms with Crippen LogP contribution >= 0.6 is 0 Å². The molecule has 0 unspecified atom stereocenters. The van der Waals surface area contributed by atoms with Gasteiger partial charge < -0.3 is 15.2 Å². The van der Waals surface area contributed by atoms with Gasteiger partial charge in [-0.1, -0.05) is 12.1 Å². The van der Waals surface area contributed by atoms with Gasteiger partial charge in [0.15, 0.2) is 0 Å². The lowest BCUT2D eigenvalue weighted by Crippen LogP contribution is -2.47. The van der Waals surface area contributed by atoms with Gasteiger partial charge in [-0.05, 0) is 50.9 Å². The summed E-state index contributed by atoms with van der Waals surface area (Å²) < 4.78 is 5.67. The van der Waals surface area contributed by atoms with Crippen molar-refractivity contribution in [3.05, 3.63) is 29.8 Å². The van der Waals surface area contributed by atoms with Gasteiger partial charge >= 0.3 is 5.97 Å². The number of carbonyl (C=O) groups excluding carboxylic acids is 1. The molecule has 0 aliphatic carbocycles. The second-order valence-corrected chi connectivity index (χ2v) is 7.18. The van der Waals surface area contributed by atoms with E-state index in [9.17, 15) is 9.59 Å². The molecule has 150 valence electrons. The van der Waals surface area contributed by atoms with E-state index in [0.29, 0.717) is 19.7 Å². The van der Waals surface area contributed by atoms with Crippen molar-refractivity contribution >= 4 is 11.9 Å². The molecule has 7 heteroatoms. The van der Waals surface area contributed by atoms with E-state index < -0.39 is 5.97 Å². The number of ether oxygens (including phenoxy) is 1. The molecular weight excluding hydrogens is 346 g/mol. The smallest absolute Gasteiger partial charge is 0.317 e. The maximum Gasteiger partial charge on any atom is 0.317 e. The van der Waals surface area contributed by atoms with Crippen molar-refractivity contribution in [2.45, 2.75) is 32.2 Å². The normalized spacial score (nSPS) is 15.7. The summed E-state index contributed by atoms with van der Waals surface area (Å²) in [7, 11) is 1.85. The molecule has 1 heterocycles. The summed E-state index contributed by atoms with van der Waals surface area (Å²) in [4.78, 5) is 26.9. The first-order valence-electron chi connectivity index (χ1n) is 9.54. The topological polar surface area (TPSA) is 82.1 Å². The molecule has 0 radical (unpaired) electrons. The van der Waals surface area contributed by atoms with Gasteiger partial charge in [0.25, 0.3) is 0 Å². The second kappa shape index (κ2) is 10.9. The van der Waals surface area contributed by atoms with Crippen molar-refractivity contribution in [3.63, 3.8) is 0 Å². The number of carboxylic acid groups (broad SMARTS) is 1. The summed E-state index contributed by atoms with van der Waals surface area (Å²) in [6.07, 6.45) is 2.55. The third kappa shape index (κ3) is 7.97. The molecule has 1 aromatic carbocycles. The number of carbonyl (C=O) groups is 2. The van der Waals surface area contributed by atoms with E-state index >= 15 is 0 Å². The number of likely N-dealkylation sites (tertiary alicyclic amines) is 1. The molecular formula is C20H31N3O4. The molecule has 7 nitrogen and oxygen atoms in total. The van der Waals surface area contributed by atoms with Crippen LogP contribution in [-0.2, 0) is 9.59 Å². The number of aliphatic carboxylic acids is 1. The van der Waals surface area contributed by atoms with E-state index in [0.717, 1.165) is 38.1 Å². The summed E-state index contributed by atoms with van der Waals surface area (Å²) in [6.45, 7) is 5.30. The highest BCUT2D eigenvalue weighted by Gasteiger charge is 2.24. The number of rotatable bonds is 10. The monoisotopic (exact) mass is 377 g/mol. The van der Waals surface area contributed by atoms with Gasteiger partial charge in [0.1, 0.15) is 5.75 Å². The van der Waals surface area contributed by atoms with Gasteiger partial charge in [0.2, 0.25) is 5.91 Å². The summed E-state index contributed by atoms with van der Waals surface area (Å²) in [6, 6.07) is 8.20. The van der Waals surface area contributed by atoms with Crippen molar-refractivity contribution in [3.8, 4) is 5.75 Å². The number of hydrogen-bond acceptors (Lipinski definition) is 5. The van der Waals surface area contributed by atoms with E-state index in [4.69, 9.17) is 9.84 Å². The Morgan fingerprint density at radius 1 is 1.33 bits per heavy atom. The fourth-order valence-electron chi connectivity index (χ4n) is 3.31. The highest BCUT2D eigenvalue weighted by Crippen LogP contribution is 2.15. The molecule has 2 rings (SSSR count). The van der Waals surface area contributed by atoms with Crippen LogP contribution in [0, 0.1) is 6.92 Å². The molecule has 0 bridgehead atoms. The summed E-state index contributed by atoms with van der Waals surface area (Å²) >= 11 is 0. The summed E-state index contributed by atoms with van der Waals surface area (Å²) in [5.41, 5.74) is 1.17.